The number of aliphatic hydroxyl groups is 1. The number of rotatable bonds is 5. The highest BCUT2D eigenvalue weighted by molar-refractivity contribution is 5.85. The first-order chi connectivity index (χ1) is 9.69. The maximum atomic E-state index is 10.4. The zero-order valence-electron chi connectivity index (χ0n) is 10.4. The molecular weight excluding hydrogens is 260 g/mol. The second kappa shape index (κ2) is 6.44. The number of hydrogen-bond donors (Lipinski definition) is 2. The van der Waals surface area contributed by atoms with Crippen LogP contribution in [-0.2, 0) is 11.4 Å². The zero-order chi connectivity index (χ0) is 14.4. The minimum atomic E-state index is -1.04. The summed E-state index contributed by atoms with van der Waals surface area (Å²) in [5, 5.41) is 17.7. The predicted molar refractivity (Wildman–Crippen MR) is 71.1 cm³/mol. The van der Waals surface area contributed by atoms with Gasteiger partial charge in [0.1, 0.15) is 5.75 Å². The molecule has 0 aliphatic rings. The Morgan fingerprint density at radius 3 is 2.60 bits per heavy atom. The number of carboxylic acids is 1. The van der Waals surface area contributed by atoms with Crippen LogP contribution in [0.2, 0.25) is 0 Å². The van der Waals surface area contributed by atoms with E-state index in [0.29, 0.717) is 16.9 Å². The summed E-state index contributed by atoms with van der Waals surface area (Å²) < 4.78 is 5.46. The van der Waals surface area contributed by atoms with Crippen LogP contribution in [0.5, 0.6) is 11.8 Å². The summed E-state index contributed by atoms with van der Waals surface area (Å²) in [6, 6.07) is 7.13. The van der Waals surface area contributed by atoms with Gasteiger partial charge in [-0.25, -0.2) is 14.8 Å². The first kappa shape index (κ1) is 13.7. The van der Waals surface area contributed by atoms with E-state index >= 15 is 0 Å². The molecule has 1 aromatic carbocycles. The van der Waals surface area contributed by atoms with E-state index in [9.17, 15) is 9.90 Å². The Kier molecular flexibility index (Phi) is 4.41. The third kappa shape index (κ3) is 3.63. The van der Waals surface area contributed by atoms with Crippen molar-refractivity contribution in [1.29, 1.82) is 0 Å². The molecule has 2 aromatic rings. The van der Waals surface area contributed by atoms with Crippen LogP contribution >= 0.6 is 0 Å². The lowest BCUT2D eigenvalue weighted by atomic mass is 10.2. The molecule has 0 fully saturated rings. The molecule has 1 aromatic heterocycles. The molecule has 20 heavy (non-hydrogen) atoms. The molecule has 0 radical (unpaired) electrons. The van der Waals surface area contributed by atoms with Crippen molar-refractivity contribution >= 4 is 12.0 Å². The number of aromatic nitrogens is 2. The van der Waals surface area contributed by atoms with Crippen LogP contribution in [0.25, 0.3) is 6.08 Å². The summed E-state index contributed by atoms with van der Waals surface area (Å²) in [6.45, 7) is -0.143. The molecule has 0 bridgehead atoms. The quantitative estimate of drug-likeness (QED) is 0.807. The summed E-state index contributed by atoms with van der Waals surface area (Å²) in [5.41, 5.74) is 1.18. The van der Waals surface area contributed by atoms with E-state index in [4.69, 9.17) is 9.84 Å². The number of benzene rings is 1. The molecule has 0 aliphatic carbocycles. The average molecular weight is 272 g/mol. The van der Waals surface area contributed by atoms with Gasteiger partial charge in [-0.2, -0.15) is 0 Å². The maximum Gasteiger partial charge on any atom is 0.328 e. The minimum Gasteiger partial charge on any atom is -0.478 e. The van der Waals surface area contributed by atoms with Crippen molar-refractivity contribution in [2.75, 3.05) is 0 Å². The van der Waals surface area contributed by atoms with Crippen LogP contribution in [0.1, 0.15) is 11.1 Å². The number of carboxylic acid groups (broad SMARTS) is 1. The van der Waals surface area contributed by atoms with Gasteiger partial charge < -0.3 is 14.9 Å². The fourth-order valence-corrected chi connectivity index (χ4v) is 1.46. The van der Waals surface area contributed by atoms with Crippen LogP contribution < -0.4 is 4.74 Å². The number of carbonyl (C=O) groups is 1. The van der Waals surface area contributed by atoms with Gasteiger partial charge in [-0.3, -0.25) is 0 Å². The summed E-state index contributed by atoms with van der Waals surface area (Å²) >= 11 is 0. The standard InChI is InChI=1S/C14H12N2O4/c17-9-11-3-1-2-4-12(11)20-14-15-7-10(8-16-14)5-6-13(18)19/h1-8,17H,9H2,(H,18,19)/b6-5+. The molecule has 6 heteroatoms. The topological polar surface area (TPSA) is 92.5 Å². The molecule has 0 atom stereocenters. The molecule has 0 spiro atoms. The molecule has 1 heterocycles. The van der Waals surface area contributed by atoms with Crippen LogP contribution in [0.15, 0.2) is 42.7 Å². The third-order valence-electron chi connectivity index (χ3n) is 2.41. The van der Waals surface area contributed by atoms with Gasteiger partial charge in [0.2, 0.25) is 0 Å². The molecule has 0 saturated heterocycles. The number of para-hydroxylation sites is 1. The highest BCUT2D eigenvalue weighted by atomic mass is 16.5. The number of aliphatic hydroxyl groups excluding tert-OH is 1. The van der Waals surface area contributed by atoms with Crippen molar-refractivity contribution in [3.05, 3.63) is 53.9 Å². The monoisotopic (exact) mass is 272 g/mol. The van der Waals surface area contributed by atoms with E-state index < -0.39 is 5.97 Å². The van der Waals surface area contributed by atoms with E-state index in [-0.39, 0.29) is 12.6 Å². The van der Waals surface area contributed by atoms with E-state index in [1.54, 1.807) is 24.3 Å². The highest BCUT2D eigenvalue weighted by Crippen LogP contribution is 2.22. The van der Waals surface area contributed by atoms with Crippen LogP contribution in [-0.4, -0.2) is 26.2 Å². The van der Waals surface area contributed by atoms with Gasteiger partial charge in [0.05, 0.1) is 6.61 Å². The number of ether oxygens (including phenoxy) is 1. The minimum absolute atomic E-state index is 0.123. The SMILES string of the molecule is O=C(O)/C=C/c1cnc(Oc2ccccc2CO)nc1. The van der Waals surface area contributed by atoms with Crippen molar-refractivity contribution in [3.63, 3.8) is 0 Å². The third-order valence-corrected chi connectivity index (χ3v) is 2.41. The van der Waals surface area contributed by atoms with Crippen LogP contribution in [0.3, 0.4) is 0 Å². The lowest BCUT2D eigenvalue weighted by molar-refractivity contribution is -0.131. The number of hydrogen-bond acceptors (Lipinski definition) is 5. The van der Waals surface area contributed by atoms with Crippen LogP contribution in [0, 0.1) is 0 Å². The molecule has 6 nitrogen and oxygen atoms in total. The van der Waals surface area contributed by atoms with Crippen molar-refractivity contribution in [2.45, 2.75) is 6.61 Å². The molecule has 0 amide bonds. The molecular formula is C14H12N2O4. The molecule has 102 valence electrons. The molecule has 2 N–H and O–H groups in total. The Labute approximate surface area is 115 Å². The van der Waals surface area contributed by atoms with Crippen molar-refractivity contribution in [3.8, 4) is 11.8 Å². The second-order valence-electron chi connectivity index (χ2n) is 3.84. The summed E-state index contributed by atoms with van der Waals surface area (Å²) in [4.78, 5) is 18.3. The first-order valence-electron chi connectivity index (χ1n) is 5.78. The van der Waals surface area contributed by atoms with Crippen molar-refractivity contribution in [1.82, 2.24) is 9.97 Å². The highest BCUT2D eigenvalue weighted by Gasteiger charge is 2.05. The number of nitrogens with zero attached hydrogens (tertiary/aromatic N) is 2. The molecule has 0 saturated carbocycles. The van der Waals surface area contributed by atoms with Gasteiger partial charge in [0, 0.05) is 29.6 Å². The average Bonchev–Trinajstić information content (AvgIpc) is 2.47. The zero-order valence-corrected chi connectivity index (χ0v) is 10.4. The van der Waals surface area contributed by atoms with Gasteiger partial charge >= 0.3 is 12.0 Å². The Bertz CT molecular complexity index is 623. The maximum absolute atomic E-state index is 10.4. The summed E-state index contributed by atoms with van der Waals surface area (Å²) in [6.07, 6.45) is 5.28. The van der Waals surface area contributed by atoms with Crippen LogP contribution in [0.4, 0.5) is 0 Å². The molecule has 0 aliphatic heterocycles. The largest absolute Gasteiger partial charge is 0.478 e. The fourth-order valence-electron chi connectivity index (χ4n) is 1.46. The van der Waals surface area contributed by atoms with Gasteiger partial charge in [0.25, 0.3) is 0 Å². The Balaban J connectivity index is 2.13. The summed E-state index contributed by atoms with van der Waals surface area (Å²) in [7, 11) is 0. The smallest absolute Gasteiger partial charge is 0.328 e. The van der Waals surface area contributed by atoms with Crippen molar-refractivity contribution < 1.29 is 19.7 Å². The van der Waals surface area contributed by atoms with Gasteiger partial charge in [-0.05, 0) is 12.1 Å². The van der Waals surface area contributed by atoms with Gasteiger partial charge in [-0.1, -0.05) is 18.2 Å². The normalized spacial score (nSPS) is 10.7. The fraction of sp³-hybridized carbons (Fsp3) is 0.0714. The van der Waals surface area contributed by atoms with Gasteiger partial charge in [-0.15, -0.1) is 0 Å². The van der Waals surface area contributed by atoms with E-state index in [1.165, 1.54) is 18.5 Å². The molecule has 0 unspecified atom stereocenters. The second-order valence-corrected chi connectivity index (χ2v) is 3.84. The van der Waals surface area contributed by atoms with E-state index in [2.05, 4.69) is 9.97 Å². The molecule has 2 rings (SSSR count). The van der Waals surface area contributed by atoms with Gasteiger partial charge in [0.15, 0.2) is 0 Å². The number of aliphatic carboxylic acids is 1. The first-order valence-corrected chi connectivity index (χ1v) is 5.78. The lowest BCUT2D eigenvalue weighted by Gasteiger charge is -2.07. The van der Waals surface area contributed by atoms with Crippen molar-refractivity contribution in [2.24, 2.45) is 0 Å². The lowest BCUT2D eigenvalue weighted by Crippen LogP contribution is -1.95. The summed E-state index contributed by atoms with van der Waals surface area (Å²) in [5.74, 6) is -0.564. The van der Waals surface area contributed by atoms with E-state index in [1.807, 2.05) is 0 Å². The Hall–Kier alpha value is -2.73. The van der Waals surface area contributed by atoms with E-state index in [0.717, 1.165) is 6.08 Å². The predicted octanol–water partition coefficient (Wildman–Crippen LogP) is 1.86. The Morgan fingerprint density at radius 1 is 1.25 bits per heavy atom. The Morgan fingerprint density at radius 2 is 1.95 bits per heavy atom.